The first-order valence-electron chi connectivity index (χ1n) is 10.4. The number of carbonyl (C=O) groups excluding carboxylic acids is 1. The predicted octanol–water partition coefficient (Wildman–Crippen LogP) is 4.11. The molecule has 5 nitrogen and oxygen atoms in total. The van der Waals surface area contributed by atoms with Gasteiger partial charge < -0.3 is 19.5 Å². The van der Waals surface area contributed by atoms with Gasteiger partial charge in [0.2, 0.25) is 5.91 Å². The van der Waals surface area contributed by atoms with Crippen molar-refractivity contribution in [1.29, 1.82) is 0 Å². The Morgan fingerprint density at radius 1 is 1.13 bits per heavy atom. The molecule has 0 aliphatic heterocycles. The SMILES string of the molecule is Cc1cc2ccccc2n1CCNC(=O)/C=C/c1ccc(OCCCN(C)C)cc1. The Bertz CT molecular complexity index is 987. The Balaban J connectivity index is 1.43. The van der Waals surface area contributed by atoms with Gasteiger partial charge in [0.15, 0.2) is 0 Å². The number of hydrogen-bond acceptors (Lipinski definition) is 3. The number of rotatable bonds is 10. The summed E-state index contributed by atoms with van der Waals surface area (Å²) in [5.74, 6) is 0.762. The number of nitrogens with zero attached hydrogens (tertiary/aromatic N) is 2. The molecule has 3 aromatic rings. The molecule has 1 heterocycles. The number of benzene rings is 2. The maximum Gasteiger partial charge on any atom is 0.244 e. The number of carbonyl (C=O) groups is 1. The van der Waals surface area contributed by atoms with Gasteiger partial charge in [0.05, 0.1) is 6.61 Å². The minimum Gasteiger partial charge on any atom is -0.494 e. The van der Waals surface area contributed by atoms with Crippen molar-refractivity contribution >= 4 is 22.9 Å². The van der Waals surface area contributed by atoms with Gasteiger partial charge >= 0.3 is 0 Å². The summed E-state index contributed by atoms with van der Waals surface area (Å²) < 4.78 is 7.97. The van der Waals surface area contributed by atoms with Crippen LogP contribution in [0.5, 0.6) is 5.75 Å². The minimum atomic E-state index is -0.0897. The first kappa shape index (κ1) is 21.7. The van der Waals surface area contributed by atoms with Crippen LogP contribution in [0, 0.1) is 6.92 Å². The van der Waals surface area contributed by atoms with Crippen LogP contribution in [0.2, 0.25) is 0 Å². The summed E-state index contributed by atoms with van der Waals surface area (Å²) in [6.07, 6.45) is 4.39. The van der Waals surface area contributed by atoms with Crippen molar-refractivity contribution in [2.45, 2.75) is 19.9 Å². The molecule has 0 aliphatic carbocycles. The monoisotopic (exact) mass is 405 g/mol. The summed E-state index contributed by atoms with van der Waals surface area (Å²) in [5.41, 5.74) is 3.37. The molecule has 2 aromatic carbocycles. The fraction of sp³-hybridized carbons (Fsp3) is 0.320. The number of amides is 1. The molecule has 0 aliphatic rings. The lowest BCUT2D eigenvalue weighted by atomic mass is 10.2. The molecular formula is C25H31N3O2. The molecule has 0 saturated carbocycles. The Morgan fingerprint density at radius 2 is 1.90 bits per heavy atom. The van der Waals surface area contributed by atoms with Gasteiger partial charge in [0.1, 0.15) is 5.75 Å². The third kappa shape index (κ3) is 6.22. The molecule has 0 atom stereocenters. The number of aromatic nitrogens is 1. The summed E-state index contributed by atoms with van der Waals surface area (Å²) in [6, 6.07) is 18.3. The zero-order chi connectivity index (χ0) is 21.3. The predicted molar refractivity (Wildman–Crippen MR) is 124 cm³/mol. The first-order valence-corrected chi connectivity index (χ1v) is 10.4. The Morgan fingerprint density at radius 3 is 2.67 bits per heavy atom. The van der Waals surface area contributed by atoms with Crippen LogP contribution in [-0.4, -0.2) is 49.2 Å². The number of aryl methyl sites for hydroxylation is 1. The third-order valence-corrected chi connectivity index (χ3v) is 4.98. The lowest BCUT2D eigenvalue weighted by Gasteiger charge is -2.10. The zero-order valence-corrected chi connectivity index (χ0v) is 18.1. The highest BCUT2D eigenvalue weighted by atomic mass is 16.5. The van der Waals surface area contributed by atoms with Crippen molar-refractivity contribution < 1.29 is 9.53 Å². The highest BCUT2D eigenvalue weighted by Gasteiger charge is 2.05. The van der Waals surface area contributed by atoms with Crippen molar-refractivity contribution in [1.82, 2.24) is 14.8 Å². The Kier molecular flexibility index (Phi) is 7.69. The van der Waals surface area contributed by atoms with Crippen molar-refractivity contribution in [3.05, 3.63) is 71.9 Å². The molecule has 3 rings (SSSR count). The van der Waals surface area contributed by atoms with Crippen molar-refractivity contribution in [2.24, 2.45) is 0 Å². The smallest absolute Gasteiger partial charge is 0.244 e. The second-order valence-electron chi connectivity index (χ2n) is 7.69. The van der Waals surface area contributed by atoms with E-state index in [-0.39, 0.29) is 5.91 Å². The zero-order valence-electron chi connectivity index (χ0n) is 18.1. The van der Waals surface area contributed by atoms with Crippen molar-refractivity contribution in [3.8, 4) is 5.75 Å². The molecule has 0 bridgehead atoms. The number of fused-ring (bicyclic) bond motifs is 1. The Hall–Kier alpha value is -3.05. The van der Waals surface area contributed by atoms with Crippen molar-refractivity contribution in [3.63, 3.8) is 0 Å². The van der Waals surface area contributed by atoms with Crippen LogP contribution >= 0.6 is 0 Å². The van der Waals surface area contributed by atoms with E-state index in [0.717, 1.165) is 30.8 Å². The number of para-hydroxylation sites is 1. The van der Waals surface area contributed by atoms with Gasteiger partial charge in [-0.3, -0.25) is 4.79 Å². The first-order chi connectivity index (χ1) is 14.5. The molecular weight excluding hydrogens is 374 g/mol. The highest BCUT2D eigenvalue weighted by Crippen LogP contribution is 2.18. The number of ether oxygens (including phenoxy) is 1. The van der Waals surface area contributed by atoms with Crippen LogP contribution in [0.25, 0.3) is 17.0 Å². The van der Waals surface area contributed by atoms with Gasteiger partial charge in [0, 0.05) is 36.9 Å². The second kappa shape index (κ2) is 10.6. The fourth-order valence-corrected chi connectivity index (χ4v) is 3.41. The van der Waals surface area contributed by atoms with Crippen LogP contribution < -0.4 is 10.1 Å². The van der Waals surface area contributed by atoms with E-state index in [2.05, 4.69) is 54.0 Å². The molecule has 30 heavy (non-hydrogen) atoms. The van der Waals surface area contributed by atoms with Gasteiger partial charge in [-0.25, -0.2) is 0 Å². The van der Waals surface area contributed by atoms with Crippen molar-refractivity contribution in [2.75, 3.05) is 33.8 Å². The molecule has 1 N–H and O–H groups in total. The highest BCUT2D eigenvalue weighted by molar-refractivity contribution is 5.91. The van der Waals surface area contributed by atoms with Gasteiger partial charge in [-0.2, -0.15) is 0 Å². The van der Waals surface area contributed by atoms with E-state index in [0.29, 0.717) is 13.2 Å². The van der Waals surface area contributed by atoms with Crippen LogP contribution in [-0.2, 0) is 11.3 Å². The van der Waals surface area contributed by atoms with E-state index in [9.17, 15) is 4.79 Å². The number of hydrogen-bond donors (Lipinski definition) is 1. The van der Waals surface area contributed by atoms with Gasteiger partial charge in [-0.05, 0) is 68.7 Å². The summed E-state index contributed by atoms with van der Waals surface area (Å²) in [7, 11) is 4.11. The molecule has 1 amide bonds. The normalized spacial score (nSPS) is 11.5. The van der Waals surface area contributed by atoms with E-state index < -0.39 is 0 Å². The van der Waals surface area contributed by atoms with Crippen LogP contribution in [0.4, 0.5) is 0 Å². The maximum absolute atomic E-state index is 12.2. The van der Waals surface area contributed by atoms with E-state index in [1.807, 2.05) is 42.5 Å². The lowest BCUT2D eigenvalue weighted by molar-refractivity contribution is -0.116. The fourth-order valence-electron chi connectivity index (χ4n) is 3.41. The summed E-state index contributed by atoms with van der Waals surface area (Å²) in [5, 5.41) is 4.19. The van der Waals surface area contributed by atoms with Gasteiger partial charge in [0.25, 0.3) is 0 Å². The van der Waals surface area contributed by atoms with Gasteiger partial charge in [-0.1, -0.05) is 30.3 Å². The largest absolute Gasteiger partial charge is 0.494 e. The molecule has 5 heteroatoms. The second-order valence-corrected chi connectivity index (χ2v) is 7.69. The van der Waals surface area contributed by atoms with Crippen LogP contribution in [0.3, 0.4) is 0 Å². The molecule has 1 aromatic heterocycles. The molecule has 0 saturated heterocycles. The van der Waals surface area contributed by atoms with E-state index >= 15 is 0 Å². The van der Waals surface area contributed by atoms with E-state index in [1.165, 1.54) is 16.6 Å². The summed E-state index contributed by atoms with van der Waals surface area (Å²) in [6.45, 7) is 5.14. The standard InChI is InChI=1S/C25H31N3O2/c1-20-19-22-7-4-5-8-24(22)28(20)17-15-26-25(29)14-11-21-9-12-23(13-10-21)30-18-6-16-27(2)3/h4-5,7-14,19H,6,15-18H2,1-3H3,(H,26,29)/b14-11+. The van der Waals surface area contributed by atoms with Crippen LogP contribution in [0.1, 0.15) is 17.7 Å². The molecule has 158 valence electrons. The van der Waals surface area contributed by atoms with Gasteiger partial charge in [-0.15, -0.1) is 0 Å². The third-order valence-electron chi connectivity index (χ3n) is 4.98. The maximum atomic E-state index is 12.2. The summed E-state index contributed by atoms with van der Waals surface area (Å²) >= 11 is 0. The molecule has 0 fully saturated rings. The lowest BCUT2D eigenvalue weighted by Crippen LogP contribution is -2.25. The molecule has 0 radical (unpaired) electrons. The van der Waals surface area contributed by atoms with E-state index in [1.54, 1.807) is 6.08 Å². The molecule has 0 spiro atoms. The Labute approximate surface area is 178 Å². The average molecular weight is 406 g/mol. The van der Waals surface area contributed by atoms with E-state index in [4.69, 9.17) is 4.74 Å². The topological polar surface area (TPSA) is 46.5 Å². The minimum absolute atomic E-state index is 0.0897. The summed E-state index contributed by atoms with van der Waals surface area (Å²) in [4.78, 5) is 14.3. The average Bonchev–Trinajstić information content (AvgIpc) is 3.05. The quantitative estimate of drug-likeness (QED) is 0.408. The van der Waals surface area contributed by atoms with Crippen LogP contribution in [0.15, 0.2) is 60.7 Å². The number of nitrogens with one attached hydrogen (secondary N) is 1. The molecule has 0 unspecified atom stereocenters.